The van der Waals surface area contributed by atoms with Gasteiger partial charge in [-0.15, -0.1) is 0 Å². The molecule has 33 heavy (non-hydrogen) atoms. The second-order valence-corrected chi connectivity index (χ2v) is 9.16. The lowest BCUT2D eigenvalue weighted by Crippen LogP contribution is -2.47. The first-order valence-corrected chi connectivity index (χ1v) is 11.9. The van der Waals surface area contributed by atoms with Crippen molar-refractivity contribution in [2.24, 2.45) is 0 Å². The highest BCUT2D eigenvalue weighted by molar-refractivity contribution is 6.01. The van der Waals surface area contributed by atoms with E-state index in [1.165, 1.54) is 5.69 Å². The number of nitrogens with zero attached hydrogens (tertiary/aromatic N) is 4. The van der Waals surface area contributed by atoms with Crippen molar-refractivity contribution < 1.29 is 4.79 Å². The zero-order valence-electron chi connectivity index (χ0n) is 18.6. The summed E-state index contributed by atoms with van der Waals surface area (Å²) in [6.45, 7) is 4.33. The fourth-order valence-corrected chi connectivity index (χ4v) is 5.41. The highest BCUT2D eigenvalue weighted by Gasteiger charge is 2.35. The normalized spacial score (nSPS) is 21.2. The third-order valence-corrected chi connectivity index (χ3v) is 7.23. The molecule has 6 rings (SSSR count). The summed E-state index contributed by atoms with van der Waals surface area (Å²) in [7, 11) is 0. The molecule has 2 fully saturated rings. The largest absolute Gasteiger partial charge is 0.369 e. The molecule has 5 heterocycles. The van der Waals surface area contributed by atoms with Gasteiger partial charge in [0.05, 0.1) is 24.0 Å². The van der Waals surface area contributed by atoms with E-state index in [4.69, 9.17) is 0 Å². The quantitative estimate of drug-likeness (QED) is 0.574. The number of hydrogen-bond donors (Lipinski definition) is 3. The number of carbonyl (C=O) groups is 1. The standard InChI is InChI=1S/C25H29N7O/c33-25-21-12-18(22-14-29-30-23(22)17-6-9-26-10-7-17)13-27-24(21)28-16-32(25)20-8-11-31(15-20)19-4-2-1-3-5-19/h1-5,12-14,17,20,26H,6-11,15-16H2,(H,27,28)(H,29,30). The van der Waals surface area contributed by atoms with E-state index in [9.17, 15) is 4.79 Å². The molecule has 2 aromatic heterocycles. The number of aromatic nitrogens is 3. The fraction of sp³-hybridized carbons (Fsp3) is 0.400. The van der Waals surface area contributed by atoms with Crippen LogP contribution in [0, 0.1) is 0 Å². The van der Waals surface area contributed by atoms with E-state index >= 15 is 0 Å². The molecule has 0 radical (unpaired) electrons. The van der Waals surface area contributed by atoms with Crippen molar-refractivity contribution in [2.75, 3.05) is 43.1 Å². The third-order valence-electron chi connectivity index (χ3n) is 7.23. The first-order chi connectivity index (χ1) is 16.3. The van der Waals surface area contributed by atoms with Crippen molar-refractivity contribution in [3.8, 4) is 11.1 Å². The highest BCUT2D eigenvalue weighted by Crippen LogP contribution is 2.35. The summed E-state index contributed by atoms with van der Waals surface area (Å²) < 4.78 is 0. The van der Waals surface area contributed by atoms with Gasteiger partial charge >= 0.3 is 0 Å². The van der Waals surface area contributed by atoms with E-state index in [0.29, 0.717) is 24.0 Å². The maximum Gasteiger partial charge on any atom is 0.259 e. The van der Waals surface area contributed by atoms with Crippen molar-refractivity contribution in [1.29, 1.82) is 0 Å². The molecule has 3 aliphatic rings. The van der Waals surface area contributed by atoms with Crippen LogP contribution in [-0.2, 0) is 0 Å². The number of rotatable bonds is 4. The van der Waals surface area contributed by atoms with Crippen molar-refractivity contribution in [2.45, 2.75) is 31.2 Å². The van der Waals surface area contributed by atoms with Crippen LogP contribution in [0.1, 0.15) is 41.2 Å². The Balaban J connectivity index is 1.24. The summed E-state index contributed by atoms with van der Waals surface area (Å²) in [6.07, 6.45) is 6.91. The Labute approximate surface area is 193 Å². The van der Waals surface area contributed by atoms with Gasteiger partial charge in [-0.3, -0.25) is 9.89 Å². The number of nitrogens with one attached hydrogen (secondary N) is 3. The monoisotopic (exact) mass is 443 g/mol. The van der Waals surface area contributed by atoms with Crippen molar-refractivity contribution >= 4 is 17.4 Å². The van der Waals surface area contributed by atoms with Crippen LogP contribution >= 0.6 is 0 Å². The first kappa shape index (κ1) is 20.2. The van der Waals surface area contributed by atoms with E-state index in [-0.39, 0.29) is 11.9 Å². The van der Waals surface area contributed by atoms with Gasteiger partial charge in [-0.1, -0.05) is 18.2 Å². The zero-order chi connectivity index (χ0) is 22.2. The molecule has 0 aliphatic carbocycles. The van der Waals surface area contributed by atoms with Gasteiger partial charge in [0.2, 0.25) is 0 Å². The fourth-order valence-electron chi connectivity index (χ4n) is 5.41. The zero-order valence-corrected chi connectivity index (χ0v) is 18.6. The number of pyridine rings is 1. The van der Waals surface area contributed by atoms with Crippen LogP contribution in [0.5, 0.6) is 0 Å². The molecule has 0 spiro atoms. The highest BCUT2D eigenvalue weighted by atomic mass is 16.2. The average Bonchev–Trinajstić information content (AvgIpc) is 3.56. The molecule has 8 heteroatoms. The van der Waals surface area contributed by atoms with Gasteiger partial charge < -0.3 is 20.4 Å². The Morgan fingerprint density at radius 1 is 1.03 bits per heavy atom. The molecule has 1 amide bonds. The molecule has 170 valence electrons. The average molecular weight is 444 g/mol. The van der Waals surface area contributed by atoms with Crippen LogP contribution in [0.25, 0.3) is 11.1 Å². The Hall–Kier alpha value is -3.39. The lowest BCUT2D eigenvalue weighted by Gasteiger charge is -2.34. The summed E-state index contributed by atoms with van der Waals surface area (Å²) in [5.41, 5.74) is 4.95. The number of piperidine rings is 1. The second kappa shape index (κ2) is 8.51. The van der Waals surface area contributed by atoms with Crippen LogP contribution in [-0.4, -0.2) is 64.9 Å². The molecule has 0 bridgehead atoms. The van der Waals surface area contributed by atoms with Crippen LogP contribution in [0.3, 0.4) is 0 Å². The van der Waals surface area contributed by atoms with E-state index < -0.39 is 0 Å². The Bertz CT molecular complexity index is 1140. The lowest BCUT2D eigenvalue weighted by molar-refractivity contribution is 0.0697. The minimum atomic E-state index is 0.0601. The molecular weight excluding hydrogens is 414 g/mol. The molecule has 3 N–H and O–H groups in total. The number of hydrogen-bond acceptors (Lipinski definition) is 6. The predicted octanol–water partition coefficient (Wildman–Crippen LogP) is 3.04. The molecule has 1 aromatic carbocycles. The molecule has 0 saturated carbocycles. The smallest absolute Gasteiger partial charge is 0.259 e. The number of H-pyrrole nitrogens is 1. The molecule has 8 nitrogen and oxygen atoms in total. The number of amides is 1. The van der Waals surface area contributed by atoms with E-state index in [0.717, 1.165) is 62.3 Å². The van der Waals surface area contributed by atoms with Gasteiger partial charge in [0.1, 0.15) is 5.82 Å². The van der Waals surface area contributed by atoms with Crippen LogP contribution in [0.15, 0.2) is 48.8 Å². The predicted molar refractivity (Wildman–Crippen MR) is 128 cm³/mol. The summed E-state index contributed by atoms with van der Waals surface area (Å²) in [6, 6.07) is 12.6. The van der Waals surface area contributed by atoms with Gasteiger partial charge in [-0.2, -0.15) is 5.10 Å². The first-order valence-electron chi connectivity index (χ1n) is 11.9. The SMILES string of the molecule is O=C1c2cc(-c3c[nH]nc3C3CCNCC3)cnc2NCN1C1CCN(c2ccccc2)C1. The molecule has 1 atom stereocenters. The van der Waals surface area contributed by atoms with Gasteiger partial charge in [0, 0.05) is 48.2 Å². The van der Waals surface area contributed by atoms with Crippen molar-refractivity contribution in [3.05, 3.63) is 60.0 Å². The molecule has 3 aliphatic heterocycles. The van der Waals surface area contributed by atoms with Crippen LogP contribution < -0.4 is 15.5 Å². The van der Waals surface area contributed by atoms with Crippen LogP contribution in [0.2, 0.25) is 0 Å². The lowest BCUT2D eigenvalue weighted by atomic mass is 9.90. The Morgan fingerprint density at radius 3 is 2.73 bits per heavy atom. The molecule has 1 unspecified atom stereocenters. The maximum atomic E-state index is 13.6. The minimum absolute atomic E-state index is 0.0601. The van der Waals surface area contributed by atoms with Gasteiger partial charge in [-0.05, 0) is 50.6 Å². The number of fused-ring (bicyclic) bond motifs is 1. The maximum absolute atomic E-state index is 13.6. The summed E-state index contributed by atoms with van der Waals surface area (Å²) in [5.74, 6) is 1.16. The third kappa shape index (κ3) is 3.74. The Kier molecular flexibility index (Phi) is 5.22. The number of carbonyl (C=O) groups excluding carboxylic acids is 1. The Morgan fingerprint density at radius 2 is 1.88 bits per heavy atom. The second-order valence-electron chi connectivity index (χ2n) is 9.16. The summed E-state index contributed by atoms with van der Waals surface area (Å²) in [4.78, 5) is 22.5. The van der Waals surface area contributed by atoms with Gasteiger partial charge in [-0.25, -0.2) is 4.98 Å². The summed E-state index contributed by atoms with van der Waals surface area (Å²) >= 11 is 0. The molecular formula is C25H29N7O. The number of para-hydroxylation sites is 1. The van der Waals surface area contributed by atoms with E-state index in [2.05, 4.69) is 55.0 Å². The van der Waals surface area contributed by atoms with E-state index in [1.807, 2.05) is 29.4 Å². The van der Waals surface area contributed by atoms with Gasteiger partial charge in [0.25, 0.3) is 5.91 Å². The topological polar surface area (TPSA) is 89.2 Å². The molecule has 2 saturated heterocycles. The minimum Gasteiger partial charge on any atom is -0.369 e. The van der Waals surface area contributed by atoms with Crippen LogP contribution in [0.4, 0.5) is 11.5 Å². The van der Waals surface area contributed by atoms with Gasteiger partial charge in [0.15, 0.2) is 0 Å². The number of aromatic amines is 1. The van der Waals surface area contributed by atoms with Crippen molar-refractivity contribution in [3.63, 3.8) is 0 Å². The number of benzene rings is 1. The summed E-state index contributed by atoms with van der Waals surface area (Å²) in [5, 5.41) is 14.4. The molecule has 3 aromatic rings. The van der Waals surface area contributed by atoms with Crippen molar-refractivity contribution in [1.82, 2.24) is 25.4 Å². The van der Waals surface area contributed by atoms with E-state index in [1.54, 1.807) is 0 Å². The number of anilines is 2.